The topological polar surface area (TPSA) is 17.1 Å². The van der Waals surface area contributed by atoms with Crippen LogP contribution in [0.1, 0.15) is 21.5 Å². The minimum Gasteiger partial charge on any atom is -0.288 e. The van der Waals surface area contributed by atoms with Crippen LogP contribution < -0.4 is 0 Å². The fourth-order valence-corrected chi connectivity index (χ4v) is 2.01. The van der Waals surface area contributed by atoms with Crippen molar-refractivity contribution < 1.29 is 18.0 Å². The standard InChI is InChI=1S/C14H8BrF3O/c1-7-5-12(17)9(6-11(7)16)14(19)8-3-2-4-10(15)13(8)18/h2-6H,1H3. The van der Waals surface area contributed by atoms with E-state index in [2.05, 4.69) is 15.9 Å². The Labute approximate surface area is 116 Å². The van der Waals surface area contributed by atoms with Crippen molar-refractivity contribution in [1.29, 1.82) is 0 Å². The Morgan fingerprint density at radius 1 is 1.05 bits per heavy atom. The molecule has 0 aliphatic heterocycles. The van der Waals surface area contributed by atoms with Crippen molar-refractivity contribution in [2.75, 3.05) is 0 Å². The zero-order chi connectivity index (χ0) is 14.2. The van der Waals surface area contributed by atoms with Crippen molar-refractivity contribution in [3.8, 4) is 0 Å². The van der Waals surface area contributed by atoms with Crippen LogP contribution in [0, 0.1) is 24.4 Å². The lowest BCUT2D eigenvalue weighted by Gasteiger charge is -2.06. The first-order chi connectivity index (χ1) is 8.91. The molecule has 0 heterocycles. The molecule has 0 fully saturated rings. The summed E-state index contributed by atoms with van der Waals surface area (Å²) in [5.41, 5.74) is -0.708. The Kier molecular flexibility index (Phi) is 3.75. The molecule has 0 aromatic heterocycles. The maximum atomic E-state index is 13.8. The van der Waals surface area contributed by atoms with Crippen LogP contribution in [0.4, 0.5) is 13.2 Å². The highest BCUT2D eigenvalue weighted by Crippen LogP contribution is 2.23. The van der Waals surface area contributed by atoms with Gasteiger partial charge in [0.25, 0.3) is 0 Å². The van der Waals surface area contributed by atoms with Gasteiger partial charge in [-0.15, -0.1) is 0 Å². The molecule has 0 spiro atoms. The van der Waals surface area contributed by atoms with E-state index < -0.39 is 28.8 Å². The third-order valence-corrected chi connectivity index (χ3v) is 3.30. The third-order valence-electron chi connectivity index (χ3n) is 2.69. The first-order valence-electron chi connectivity index (χ1n) is 5.36. The second-order valence-corrected chi connectivity index (χ2v) is 4.87. The summed E-state index contributed by atoms with van der Waals surface area (Å²) in [5, 5.41) is 0. The number of halogens is 4. The second kappa shape index (κ2) is 5.17. The lowest BCUT2D eigenvalue weighted by atomic mass is 10.0. The summed E-state index contributed by atoms with van der Waals surface area (Å²) in [7, 11) is 0. The number of hydrogen-bond donors (Lipinski definition) is 0. The Balaban J connectivity index is 2.56. The fraction of sp³-hybridized carbons (Fsp3) is 0.0714. The van der Waals surface area contributed by atoms with E-state index in [1.54, 1.807) is 0 Å². The van der Waals surface area contributed by atoms with Crippen molar-refractivity contribution >= 4 is 21.7 Å². The minimum absolute atomic E-state index is 0.0868. The molecule has 98 valence electrons. The Hall–Kier alpha value is -1.62. The highest BCUT2D eigenvalue weighted by Gasteiger charge is 2.20. The van der Waals surface area contributed by atoms with E-state index in [0.29, 0.717) is 0 Å². The van der Waals surface area contributed by atoms with Crippen molar-refractivity contribution in [2.45, 2.75) is 6.92 Å². The van der Waals surface area contributed by atoms with E-state index in [1.807, 2.05) is 0 Å². The first-order valence-corrected chi connectivity index (χ1v) is 6.15. The monoisotopic (exact) mass is 328 g/mol. The summed E-state index contributed by atoms with van der Waals surface area (Å²) in [4.78, 5) is 12.0. The normalized spacial score (nSPS) is 10.6. The molecule has 2 rings (SSSR count). The van der Waals surface area contributed by atoms with Gasteiger partial charge in [0.1, 0.15) is 17.5 Å². The summed E-state index contributed by atoms with van der Waals surface area (Å²) in [6.07, 6.45) is 0. The van der Waals surface area contributed by atoms with Gasteiger partial charge in [-0.2, -0.15) is 0 Å². The van der Waals surface area contributed by atoms with E-state index in [4.69, 9.17) is 0 Å². The summed E-state index contributed by atoms with van der Waals surface area (Å²) >= 11 is 2.94. The minimum atomic E-state index is -0.893. The molecule has 0 saturated carbocycles. The molecule has 0 unspecified atom stereocenters. The largest absolute Gasteiger partial charge is 0.288 e. The molecule has 0 aliphatic carbocycles. The molecule has 2 aromatic carbocycles. The third kappa shape index (κ3) is 2.56. The van der Waals surface area contributed by atoms with Gasteiger partial charge in [-0.1, -0.05) is 6.07 Å². The smallest absolute Gasteiger partial charge is 0.199 e. The number of aryl methyl sites for hydroxylation is 1. The van der Waals surface area contributed by atoms with E-state index in [-0.39, 0.29) is 15.6 Å². The molecule has 0 N–H and O–H groups in total. The van der Waals surface area contributed by atoms with Crippen LogP contribution in [-0.2, 0) is 0 Å². The van der Waals surface area contributed by atoms with Gasteiger partial charge in [0.05, 0.1) is 15.6 Å². The van der Waals surface area contributed by atoms with Crippen LogP contribution in [0.25, 0.3) is 0 Å². The zero-order valence-electron chi connectivity index (χ0n) is 9.81. The van der Waals surface area contributed by atoms with Gasteiger partial charge >= 0.3 is 0 Å². The average Bonchev–Trinajstić information content (AvgIpc) is 2.36. The van der Waals surface area contributed by atoms with Gasteiger partial charge in [-0.3, -0.25) is 4.79 Å². The van der Waals surface area contributed by atoms with E-state index >= 15 is 0 Å². The lowest BCUT2D eigenvalue weighted by Crippen LogP contribution is -2.08. The van der Waals surface area contributed by atoms with Crippen LogP contribution in [0.2, 0.25) is 0 Å². The number of benzene rings is 2. The SMILES string of the molecule is Cc1cc(F)c(C(=O)c2cccc(Br)c2F)cc1F. The number of carbonyl (C=O) groups is 1. The molecule has 0 saturated heterocycles. The van der Waals surface area contributed by atoms with E-state index in [1.165, 1.54) is 25.1 Å². The average molecular weight is 329 g/mol. The first kappa shape index (κ1) is 13.8. The summed E-state index contributed by atoms with van der Waals surface area (Å²) in [6.45, 7) is 1.38. The maximum absolute atomic E-state index is 13.8. The Bertz CT molecular complexity index is 668. The van der Waals surface area contributed by atoms with Gasteiger partial charge in [0, 0.05) is 0 Å². The predicted octanol–water partition coefficient (Wildman–Crippen LogP) is 4.41. The van der Waals surface area contributed by atoms with Crippen molar-refractivity contribution in [3.05, 3.63) is 68.9 Å². The molecule has 0 atom stereocenters. The second-order valence-electron chi connectivity index (χ2n) is 4.01. The van der Waals surface area contributed by atoms with Crippen molar-refractivity contribution in [2.24, 2.45) is 0 Å². The molecule has 5 heteroatoms. The number of rotatable bonds is 2. The number of ketones is 1. The lowest BCUT2D eigenvalue weighted by molar-refractivity contribution is 0.103. The van der Waals surface area contributed by atoms with E-state index in [9.17, 15) is 18.0 Å². The van der Waals surface area contributed by atoms with Crippen LogP contribution >= 0.6 is 15.9 Å². The number of hydrogen-bond acceptors (Lipinski definition) is 1. The van der Waals surface area contributed by atoms with Gasteiger partial charge < -0.3 is 0 Å². The van der Waals surface area contributed by atoms with Crippen molar-refractivity contribution in [1.82, 2.24) is 0 Å². The van der Waals surface area contributed by atoms with Crippen LogP contribution in [0.5, 0.6) is 0 Å². The van der Waals surface area contributed by atoms with Gasteiger partial charge in [-0.25, -0.2) is 13.2 Å². The highest BCUT2D eigenvalue weighted by molar-refractivity contribution is 9.10. The van der Waals surface area contributed by atoms with Crippen LogP contribution in [0.15, 0.2) is 34.8 Å². The Morgan fingerprint density at radius 2 is 1.74 bits per heavy atom. The van der Waals surface area contributed by atoms with Crippen LogP contribution in [0.3, 0.4) is 0 Å². The molecule has 0 bridgehead atoms. The van der Waals surface area contributed by atoms with Gasteiger partial charge in [-0.05, 0) is 52.7 Å². The van der Waals surface area contributed by atoms with Gasteiger partial charge in [0.2, 0.25) is 0 Å². The highest BCUT2D eigenvalue weighted by atomic mass is 79.9. The number of carbonyl (C=O) groups excluding carboxylic acids is 1. The van der Waals surface area contributed by atoms with E-state index in [0.717, 1.165) is 12.1 Å². The molecule has 0 aliphatic rings. The molecular formula is C14H8BrF3O. The summed E-state index contributed by atoms with van der Waals surface area (Å²) < 4.78 is 40.9. The summed E-state index contributed by atoms with van der Waals surface area (Å²) in [6, 6.07) is 5.78. The fourth-order valence-electron chi connectivity index (χ4n) is 1.64. The molecule has 0 radical (unpaired) electrons. The van der Waals surface area contributed by atoms with Crippen LogP contribution in [-0.4, -0.2) is 5.78 Å². The maximum Gasteiger partial charge on any atom is 0.199 e. The summed E-state index contributed by atoms with van der Waals surface area (Å²) in [5.74, 6) is -3.27. The van der Waals surface area contributed by atoms with Gasteiger partial charge in [0.15, 0.2) is 5.78 Å². The predicted molar refractivity (Wildman–Crippen MR) is 68.6 cm³/mol. The van der Waals surface area contributed by atoms with Crippen molar-refractivity contribution in [3.63, 3.8) is 0 Å². The zero-order valence-corrected chi connectivity index (χ0v) is 11.4. The Morgan fingerprint density at radius 3 is 2.42 bits per heavy atom. The molecule has 2 aromatic rings. The molecule has 1 nitrogen and oxygen atoms in total. The molecule has 0 amide bonds. The quantitative estimate of drug-likeness (QED) is 0.746. The molecule has 19 heavy (non-hydrogen) atoms. The molecular weight excluding hydrogens is 321 g/mol.